The van der Waals surface area contributed by atoms with Gasteiger partial charge in [0.25, 0.3) is 0 Å². The van der Waals surface area contributed by atoms with Gasteiger partial charge in [0.1, 0.15) is 11.5 Å². The lowest BCUT2D eigenvalue weighted by molar-refractivity contribution is 0.348. The Bertz CT molecular complexity index is 619. The standard InChI is InChI=1S/C21H26O/c1-15-4-7-18(8-5-15)19-9-11-20(12-10-19)22-21-13-6-16(2)14-17(21)3/h6,9-15,18H,4-5,7-8H2,1-3H3. The number of hydrogen-bond acceptors (Lipinski definition) is 1. The summed E-state index contributed by atoms with van der Waals surface area (Å²) < 4.78 is 6.02. The summed E-state index contributed by atoms with van der Waals surface area (Å²) in [7, 11) is 0. The largest absolute Gasteiger partial charge is 0.457 e. The van der Waals surface area contributed by atoms with E-state index in [0.717, 1.165) is 23.3 Å². The maximum atomic E-state index is 6.02. The van der Waals surface area contributed by atoms with Gasteiger partial charge in [-0.15, -0.1) is 0 Å². The molecule has 1 aliphatic rings. The number of hydrogen-bond donors (Lipinski definition) is 0. The minimum atomic E-state index is 0.742. The highest BCUT2D eigenvalue weighted by molar-refractivity contribution is 5.40. The molecular weight excluding hydrogens is 268 g/mol. The molecule has 116 valence electrons. The lowest BCUT2D eigenvalue weighted by Crippen LogP contribution is -2.10. The van der Waals surface area contributed by atoms with Gasteiger partial charge in [0.2, 0.25) is 0 Å². The molecule has 1 nitrogen and oxygen atoms in total. The molecule has 0 heterocycles. The minimum absolute atomic E-state index is 0.742. The van der Waals surface area contributed by atoms with Crippen LogP contribution in [0.5, 0.6) is 11.5 Å². The molecular formula is C21H26O. The summed E-state index contributed by atoms with van der Waals surface area (Å²) in [5.74, 6) is 3.53. The third-order valence-electron chi connectivity index (χ3n) is 4.93. The quantitative estimate of drug-likeness (QED) is 0.637. The Kier molecular flexibility index (Phi) is 4.52. The summed E-state index contributed by atoms with van der Waals surface area (Å²) in [5.41, 5.74) is 3.93. The van der Waals surface area contributed by atoms with Crippen molar-refractivity contribution in [2.45, 2.75) is 52.4 Å². The van der Waals surface area contributed by atoms with Crippen molar-refractivity contribution in [3.63, 3.8) is 0 Å². The Morgan fingerprint density at radius 2 is 1.55 bits per heavy atom. The van der Waals surface area contributed by atoms with Crippen LogP contribution in [-0.2, 0) is 0 Å². The Hall–Kier alpha value is -1.76. The Morgan fingerprint density at radius 3 is 2.18 bits per heavy atom. The van der Waals surface area contributed by atoms with Crippen LogP contribution in [0.1, 0.15) is 55.2 Å². The summed E-state index contributed by atoms with van der Waals surface area (Å²) in [5, 5.41) is 0. The molecule has 0 amide bonds. The zero-order valence-electron chi connectivity index (χ0n) is 13.9. The van der Waals surface area contributed by atoms with E-state index >= 15 is 0 Å². The summed E-state index contributed by atoms with van der Waals surface area (Å²) in [6.07, 6.45) is 5.40. The second-order valence-corrected chi connectivity index (χ2v) is 6.90. The normalized spacial score (nSPS) is 21.6. The van der Waals surface area contributed by atoms with Crippen molar-refractivity contribution in [2.75, 3.05) is 0 Å². The van der Waals surface area contributed by atoms with Gasteiger partial charge >= 0.3 is 0 Å². The van der Waals surface area contributed by atoms with E-state index in [1.807, 2.05) is 0 Å². The van der Waals surface area contributed by atoms with Crippen LogP contribution in [0.2, 0.25) is 0 Å². The lowest BCUT2D eigenvalue weighted by Gasteiger charge is -2.26. The molecule has 0 unspecified atom stereocenters. The number of rotatable bonds is 3. The molecule has 22 heavy (non-hydrogen) atoms. The third-order valence-corrected chi connectivity index (χ3v) is 4.93. The zero-order valence-corrected chi connectivity index (χ0v) is 13.9. The van der Waals surface area contributed by atoms with Crippen molar-refractivity contribution < 1.29 is 4.74 Å². The second kappa shape index (κ2) is 6.56. The fraction of sp³-hybridized carbons (Fsp3) is 0.429. The molecule has 2 aromatic carbocycles. The fourth-order valence-corrected chi connectivity index (χ4v) is 3.44. The van der Waals surface area contributed by atoms with E-state index in [-0.39, 0.29) is 0 Å². The molecule has 0 aromatic heterocycles. The van der Waals surface area contributed by atoms with Gasteiger partial charge < -0.3 is 4.74 Å². The predicted octanol–water partition coefficient (Wildman–Crippen LogP) is 6.39. The molecule has 0 aliphatic heterocycles. The lowest BCUT2D eigenvalue weighted by atomic mass is 9.79. The van der Waals surface area contributed by atoms with E-state index in [2.05, 4.69) is 63.2 Å². The first kappa shape index (κ1) is 15.1. The van der Waals surface area contributed by atoms with Crippen LogP contribution in [0, 0.1) is 19.8 Å². The van der Waals surface area contributed by atoms with Crippen LogP contribution in [0.15, 0.2) is 42.5 Å². The highest BCUT2D eigenvalue weighted by atomic mass is 16.5. The minimum Gasteiger partial charge on any atom is -0.457 e. The first-order valence-corrected chi connectivity index (χ1v) is 8.47. The van der Waals surface area contributed by atoms with Gasteiger partial charge in [0.05, 0.1) is 0 Å². The average molecular weight is 294 g/mol. The fourth-order valence-electron chi connectivity index (χ4n) is 3.44. The van der Waals surface area contributed by atoms with Gasteiger partial charge in [-0.2, -0.15) is 0 Å². The number of benzene rings is 2. The van der Waals surface area contributed by atoms with Crippen molar-refractivity contribution in [1.29, 1.82) is 0 Å². The highest BCUT2D eigenvalue weighted by Gasteiger charge is 2.19. The average Bonchev–Trinajstić information content (AvgIpc) is 2.52. The van der Waals surface area contributed by atoms with Crippen LogP contribution in [0.3, 0.4) is 0 Å². The topological polar surface area (TPSA) is 9.23 Å². The molecule has 0 atom stereocenters. The molecule has 2 aromatic rings. The molecule has 1 heteroatoms. The SMILES string of the molecule is Cc1ccc(Oc2ccc(C3CCC(C)CC3)cc2)c(C)c1. The molecule has 3 rings (SSSR count). The van der Waals surface area contributed by atoms with E-state index in [1.54, 1.807) is 0 Å². The number of ether oxygens (including phenoxy) is 1. The molecule has 0 saturated heterocycles. The molecule has 0 radical (unpaired) electrons. The van der Waals surface area contributed by atoms with Crippen molar-refractivity contribution >= 4 is 0 Å². The Morgan fingerprint density at radius 1 is 0.864 bits per heavy atom. The summed E-state index contributed by atoms with van der Waals surface area (Å²) in [4.78, 5) is 0. The van der Waals surface area contributed by atoms with Crippen LogP contribution in [0.4, 0.5) is 0 Å². The van der Waals surface area contributed by atoms with Gasteiger partial charge in [0, 0.05) is 0 Å². The van der Waals surface area contributed by atoms with E-state index < -0.39 is 0 Å². The van der Waals surface area contributed by atoms with E-state index in [9.17, 15) is 0 Å². The third kappa shape index (κ3) is 3.52. The molecule has 1 fully saturated rings. The monoisotopic (exact) mass is 294 g/mol. The van der Waals surface area contributed by atoms with E-state index in [0.29, 0.717) is 0 Å². The second-order valence-electron chi connectivity index (χ2n) is 6.90. The number of aryl methyl sites for hydroxylation is 2. The van der Waals surface area contributed by atoms with Gasteiger partial charge in [-0.1, -0.05) is 49.6 Å². The molecule has 1 aliphatic carbocycles. The summed E-state index contributed by atoms with van der Waals surface area (Å²) >= 11 is 0. The summed E-state index contributed by atoms with van der Waals surface area (Å²) in [6, 6.07) is 15.0. The maximum absolute atomic E-state index is 6.02. The van der Waals surface area contributed by atoms with Crippen molar-refractivity contribution in [2.24, 2.45) is 5.92 Å². The molecule has 0 spiro atoms. The molecule has 0 N–H and O–H groups in total. The van der Waals surface area contributed by atoms with Crippen molar-refractivity contribution in [1.82, 2.24) is 0 Å². The predicted molar refractivity (Wildman–Crippen MR) is 92.8 cm³/mol. The Balaban J connectivity index is 1.69. The van der Waals surface area contributed by atoms with Gasteiger partial charge in [0.15, 0.2) is 0 Å². The zero-order chi connectivity index (χ0) is 15.5. The van der Waals surface area contributed by atoms with Crippen LogP contribution >= 0.6 is 0 Å². The molecule has 1 saturated carbocycles. The highest BCUT2D eigenvalue weighted by Crippen LogP contribution is 2.36. The van der Waals surface area contributed by atoms with E-state index in [1.165, 1.54) is 42.4 Å². The van der Waals surface area contributed by atoms with Crippen molar-refractivity contribution in [3.8, 4) is 11.5 Å². The van der Waals surface area contributed by atoms with Crippen LogP contribution in [0.25, 0.3) is 0 Å². The van der Waals surface area contributed by atoms with Gasteiger partial charge in [-0.25, -0.2) is 0 Å². The first-order valence-electron chi connectivity index (χ1n) is 8.47. The van der Waals surface area contributed by atoms with E-state index in [4.69, 9.17) is 4.74 Å². The van der Waals surface area contributed by atoms with Crippen LogP contribution < -0.4 is 4.74 Å². The first-order chi connectivity index (χ1) is 10.6. The van der Waals surface area contributed by atoms with Gasteiger partial charge in [-0.3, -0.25) is 0 Å². The Labute approximate surface area is 134 Å². The summed E-state index contributed by atoms with van der Waals surface area (Å²) in [6.45, 7) is 6.58. The van der Waals surface area contributed by atoms with Gasteiger partial charge in [-0.05, 0) is 67.9 Å². The molecule has 0 bridgehead atoms. The maximum Gasteiger partial charge on any atom is 0.130 e. The van der Waals surface area contributed by atoms with Crippen molar-refractivity contribution in [3.05, 3.63) is 59.2 Å². The van der Waals surface area contributed by atoms with Crippen LogP contribution in [-0.4, -0.2) is 0 Å². The smallest absolute Gasteiger partial charge is 0.130 e.